The van der Waals surface area contributed by atoms with Crippen molar-refractivity contribution in [1.29, 1.82) is 5.26 Å². The summed E-state index contributed by atoms with van der Waals surface area (Å²) in [6.45, 7) is 5.38. The molecule has 3 nitrogen and oxygen atoms in total. The fourth-order valence-corrected chi connectivity index (χ4v) is 1.99. The SMILES string of the molecule is CC1(C)CN(Cc2ccc(C#N)cc2)C1=O. The zero-order valence-corrected chi connectivity index (χ0v) is 9.53. The van der Waals surface area contributed by atoms with Gasteiger partial charge in [-0.1, -0.05) is 12.1 Å². The predicted octanol–water partition coefficient (Wildman–Crippen LogP) is 1.93. The van der Waals surface area contributed by atoms with Gasteiger partial charge in [-0.2, -0.15) is 5.26 Å². The van der Waals surface area contributed by atoms with E-state index >= 15 is 0 Å². The summed E-state index contributed by atoms with van der Waals surface area (Å²) in [5, 5.41) is 8.66. The van der Waals surface area contributed by atoms with E-state index in [1.54, 1.807) is 12.1 Å². The number of hydrogen-bond donors (Lipinski definition) is 0. The van der Waals surface area contributed by atoms with Crippen LogP contribution < -0.4 is 0 Å². The number of likely N-dealkylation sites (tertiary alicyclic amines) is 1. The Hall–Kier alpha value is -1.82. The molecule has 0 aliphatic carbocycles. The average molecular weight is 214 g/mol. The molecule has 0 radical (unpaired) electrons. The number of carbonyl (C=O) groups excluding carboxylic acids is 1. The standard InChI is InChI=1S/C13H14N2O/c1-13(2)9-15(12(13)16)8-11-5-3-10(7-14)4-6-11/h3-6H,8-9H2,1-2H3. The predicted molar refractivity (Wildman–Crippen MR) is 60.4 cm³/mol. The second-order valence-corrected chi connectivity index (χ2v) is 4.85. The van der Waals surface area contributed by atoms with E-state index in [1.165, 1.54) is 0 Å². The highest BCUT2D eigenvalue weighted by Crippen LogP contribution is 2.31. The van der Waals surface area contributed by atoms with Crippen molar-refractivity contribution in [2.45, 2.75) is 20.4 Å². The first kappa shape index (κ1) is 10.7. The topological polar surface area (TPSA) is 44.1 Å². The summed E-state index contributed by atoms with van der Waals surface area (Å²) < 4.78 is 0. The van der Waals surface area contributed by atoms with Crippen molar-refractivity contribution in [1.82, 2.24) is 4.90 Å². The quantitative estimate of drug-likeness (QED) is 0.706. The van der Waals surface area contributed by atoms with Gasteiger partial charge in [-0.15, -0.1) is 0 Å². The smallest absolute Gasteiger partial charge is 0.230 e. The van der Waals surface area contributed by atoms with Gasteiger partial charge in [0.15, 0.2) is 0 Å². The molecule has 1 heterocycles. The van der Waals surface area contributed by atoms with Crippen LogP contribution in [0.15, 0.2) is 24.3 Å². The molecule has 1 aromatic rings. The number of rotatable bonds is 2. The van der Waals surface area contributed by atoms with Crippen LogP contribution in [0.2, 0.25) is 0 Å². The molecule has 0 atom stereocenters. The van der Waals surface area contributed by atoms with Crippen LogP contribution in [0.4, 0.5) is 0 Å². The molecule has 1 aliphatic heterocycles. The molecule has 0 aromatic heterocycles. The summed E-state index contributed by atoms with van der Waals surface area (Å²) in [5.41, 5.74) is 1.54. The van der Waals surface area contributed by atoms with Crippen LogP contribution in [0.1, 0.15) is 25.0 Å². The van der Waals surface area contributed by atoms with E-state index in [9.17, 15) is 4.79 Å². The first-order valence-electron chi connectivity index (χ1n) is 5.31. The Balaban J connectivity index is 2.01. The molecule has 1 aliphatic rings. The number of benzene rings is 1. The molecule has 1 amide bonds. The van der Waals surface area contributed by atoms with Gasteiger partial charge in [0.2, 0.25) is 5.91 Å². The molecule has 0 unspecified atom stereocenters. The van der Waals surface area contributed by atoms with E-state index in [-0.39, 0.29) is 11.3 Å². The molecular formula is C13H14N2O. The first-order valence-corrected chi connectivity index (χ1v) is 5.31. The molecule has 82 valence electrons. The molecule has 0 spiro atoms. The van der Waals surface area contributed by atoms with Gasteiger partial charge in [-0.05, 0) is 31.5 Å². The van der Waals surface area contributed by atoms with Crippen LogP contribution >= 0.6 is 0 Å². The Kier molecular flexibility index (Phi) is 2.43. The normalized spacial score (nSPS) is 17.8. The Morgan fingerprint density at radius 2 is 2.00 bits per heavy atom. The summed E-state index contributed by atoms with van der Waals surface area (Å²) in [5.74, 6) is 0.205. The van der Waals surface area contributed by atoms with Gasteiger partial charge in [0.1, 0.15) is 0 Å². The summed E-state index contributed by atoms with van der Waals surface area (Å²) in [6, 6.07) is 9.44. The molecule has 0 saturated carbocycles. The van der Waals surface area contributed by atoms with Gasteiger partial charge in [0.25, 0.3) is 0 Å². The zero-order chi connectivity index (χ0) is 11.8. The second-order valence-electron chi connectivity index (χ2n) is 4.85. The largest absolute Gasteiger partial charge is 0.337 e. The summed E-state index contributed by atoms with van der Waals surface area (Å²) in [6.07, 6.45) is 0. The van der Waals surface area contributed by atoms with Gasteiger partial charge in [0, 0.05) is 13.1 Å². The van der Waals surface area contributed by atoms with Crippen molar-refractivity contribution in [2.24, 2.45) is 5.41 Å². The maximum absolute atomic E-state index is 11.7. The van der Waals surface area contributed by atoms with Gasteiger partial charge >= 0.3 is 0 Å². The number of amides is 1. The summed E-state index contributed by atoms with van der Waals surface area (Å²) in [7, 11) is 0. The first-order chi connectivity index (χ1) is 7.53. The molecule has 16 heavy (non-hydrogen) atoms. The van der Waals surface area contributed by atoms with Crippen LogP contribution in [0.5, 0.6) is 0 Å². The maximum atomic E-state index is 11.7. The lowest BCUT2D eigenvalue weighted by Crippen LogP contribution is -2.57. The van der Waals surface area contributed by atoms with Gasteiger partial charge in [-0.25, -0.2) is 0 Å². The third-order valence-corrected chi connectivity index (χ3v) is 2.91. The monoisotopic (exact) mass is 214 g/mol. The average Bonchev–Trinajstić information content (AvgIpc) is 2.29. The molecule has 1 fully saturated rings. The minimum atomic E-state index is -0.188. The molecule has 2 rings (SSSR count). The van der Waals surface area contributed by atoms with Crippen LogP contribution in [0.25, 0.3) is 0 Å². The van der Waals surface area contributed by atoms with Crippen molar-refractivity contribution in [3.05, 3.63) is 35.4 Å². The summed E-state index contributed by atoms with van der Waals surface area (Å²) >= 11 is 0. The lowest BCUT2D eigenvalue weighted by Gasteiger charge is -2.44. The molecule has 1 aromatic carbocycles. The van der Waals surface area contributed by atoms with Crippen molar-refractivity contribution in [3.63, 3.8) is 0 Å². The molecule has 0 N–H and O–H groups in total. The van der Waals surface area contributed by atoms with Gasteiger partial charge in [-0.3, -0.25) is 4.79 Å². The van der Waals surface area contributed by atoms with E-state index in [2.05, 4.69) is 6.07 Å². The number of carbonyl (C=O) groups is 1. The second kappa shape index (κ2) is 3.64. The Labute approximate surface area is 95.3 Å². The Bertz CT molecular complexity index is 454. The fourth-order valence-electron chi connectivity index (χ4n) is 1.99. The van der Waals surface area contributed by atoms with Crippen molar-refractivity contribution in [3.8, 4) is 6.07 Å². The number of nitriles is 1. The number of hydrogen-bond acceptors (Lipinski definition) is 2. The van der Waals surface area contributed by atoms with Crippen molar-refractivity contribution in [2.75, 3.05) is 6.54 Å². The molecule has 3 heteroatoms. The highest BCUT2D eigenvalue weighted by Gasteiger charge is 2.43. The highest BCUT2D eigenvalue weighted by atomic mass is 16.2. The number of β-lactam (4-membered cyclic amide) rings is 1. The zero-order valence-electron chi connectivity index (χ0n) is 9.53. The third kappa shape index (κ3) is 1.79. The minimum absolute atomic E-state index is 0.188. The fraction of sp³-hybridized carbons (Fsp3) is 0.385. The third-order valence-electron chi connectivity index (χ3n) is 2.91. The van der Waals surface area contributed by atoms with E-state index in [4.69, 9.17) is 5.26 Å². The molecule has 1 saturated heterocycles. The van der Waals surface area contributed by atoms with E-state index in [0.717, 1.165) is 12.1 Å². The van der Waals surface area contributed by atoms with Crippen molar-refractivity contribution >= 4 is 5.91 Å². The van der Waals surface area contributed by atoms with Crippen LogP contribution in [0.3, 0.4) is 0 Å². The van der Waals surface area contributed by atoms with Gasteiger partial charge in [0.05, 0.1) is 17.0 Å². The van der Waals surface area contributed by atoms with Gasteiger partial charge < -0.3 is 4.90 Å². The number of nitrogens with zero attached hydrogens (tertiary/aromatic N) is 2. The van der Waals surface area contributed by atoms with Crippen LogP contribution in [-0.4, -0.2) is 17.4 Å². The molecule has 0 bridgehead atoms. The maximum Gasteiger partial charge on any atom is 0.230 e. The van der Waals surface area contributed by atoms with Crippen LogP contribution in [0, 0.1) is 16.7 Å². The summed E-state index contributed by atoms with van der Waals surface area (Å²) in [4.78, 5) is 13.5. The van der Waals surface area contributed by atoms with E-state index in [1.807, 2.05) is 30.9 Å². The molecular weight excluding hydrogens is 200 g/mol. The van der Waals surface area contributed by atoms with E-state index < -0.39 is 0 Å². The lowest BCUT2D eigenvalue weighted by molar-refractivity contribution is -0.157. The Morgan fingerprint density at radius 3 is 2.44 bits per heavy atom. The van der Waals surface area contributed by atoms with Crippen LogP contribution in [-0.2, 0) is 11.3 Å². The lowest BCUT2D eigenvalue weighted by atomic mass is 9.83. The Morgan fingerprint density at radius 1 is 1.38 bits per heavy atom. The van der Waals surface area contributed by atoms with E-state index in [0.29, 0.717) is 12.1 Å². The van der Waals surface area contributed by atoms with Crippen molar-refractivity contribution < 1.29 is 4.79 Å². The highest BCUT2D eigenvalue weighted by molar-refractivity contribution is 5.87. The minimum Gasteiger partial charge on any atom is -0.337 e.